The van der Waals surface area contributed by atoms with Gasteiger partial charge in [0, 0.05) is 19.8 Å². The van der Waals surface area contributed by atoms with Crippen molar-refractivity contribution in [2.24, 2.45) is 13.0 Å². The van der Waals surface area contributed by atoms with Gasteiger partial charge in [0.2, 0.25) is 0 Å². The van der Waals surface area contributed by atoms with Crippen LogP contribution >= 0.6 is 11.8 Å². The Morgan fingerprint density at radius 1 is 1.29 bits per heavy atom. The van der Waals surface area contributed by atoms with Crippen molar-refractivity contribution >= 4 is 11.8 Å². The third-order valence-corrected chi connectivity index (χ3v) is 4.37. The largest absolute Gasteiger partial charge is 0.312 e. The highest BCUT2D eigenvalue weighted by atomic mass is 32.2. The summed E-state index contributed by atoms with van der Waals surface area (Å²) in [4.78, 5) is 4.56. The van der Waals surface area contributed by atoms with Crippen LogP contribution in [0.25, 0.3) is 0 Å². The third-order valence-electron chi connectivity index (χ3n) is 3.21. The van der Waals surface area contributed by atoms with Gasteiger partial charge in [0.25, 0.3) is 0 Å². The Morgan fingerprint density at radius 3 is 2.62 bits per heavy atom. The van der Waals surface area contributed by atoms with Gasteiger partial charge in [0.1, 0.15) is 10.9 Å². The SMILES string of the molecule is Cc1cc(CNCC(C)C)cnc1Sc1nnc(C)n1C. The fourth-order valence-electron chi connectivity index (χ4n) is 1.89. The van der Waals surface area contributed by atoms with E-state index in [1.165, 1.54) is 11.1 Å². The van der Waals surface area contributed by atoms with Gasteiger partial charge >= 0.3 is 0 Å². The summed E-state index contributed by atoms with van der Waals surface area (Å²) in [6, 6.07) is 2.19. The molecule has 0 saturated heterocycles. The average Bonchev–Trinajstić information content (AvgIpc) is 2.73. The van der Waals surface area contributed by atoms with Crippen LogP contribution in [-0.4, -0.2) is 26.3 Å². The van der Waals surface area contributed by atoms with Crippen molar-refractivity contribution in [2.75, 3.05) is 6.54 Å². The molecule has 0 spiro atoms. The molecule has 0 bridgehead atoms. The van der Waals surface area contributed by atoms with E-state index in [1.54, 1.807) is 11.8 Å². The van der Waals surface area contributed by atoms with Crippen LogP contribution in [0.1, 0.15) is 30.8 Å². The van der Waals surface area contributed by atoms with Gasteiger partial charge in [-0.05, 0) is 49.2 Å². The molecule has 2 rings (SSSR count). The van der Waals surface area contributed by atoms with Crippen molar-refractivity contribution in [1.82, 2.24) is 25.1 Å². The molecule has 114 valence electrons. The predicted molar refractivity (Wildman–Crippen MR) is 85.4 cm³/mol. The molecule has 2 aromatic heterocycles. The minimum absolute atomic E-state index is 0.660. The standard InChI is InChI=1S/C15H23N5S/c1-10(2)7-16-8-13-6-11(3)14(17-9-13)21-15-19-18-12(4)20(15)5/h6,9-10,16H,7-8H2,1-5H3. The van der Waals surface area contributed by atoms with Crippen molar-refractivity contribution in [3.8, 4) is 0 Å². The van der Waals surface area contributed by atoms with E-state index < -0.39 is 0 Å². The monoisotopic (exact) mass is 305 g/mol. The molecule has 0 aromatic carbocycles. The molecule has 6 heteroatoms. The quantitative estimate of drug-likeness (QED) is 0.889. The van der Waals surface area contributed by atoms with E-state index in [9.17, 15) is 0 Å². The molecule has 0 aliphatic heterocycles. The molecule has 0 fully saturated rings. The molecule has 2 heterocycles. The van der Waals surface area contributed by atoms with Crippen LogP contribution in [0, 0.1) is 19.8 Å². The molecule has 21 heavy (non-hydrogen) atoms. The molecule has 1 N–H and O–H groups in total. The number of nitrogens with one attached hydrogen (secondary N) is 1. The first-order valence-electron chi connectivity index (χ1n) is 7.17. The Balaban J connectivity index is 2.03. The second kappa shape index (κ2) is 7.04. The van der Waals surface area contributed by atoms with E-state index in [-0.39, 0.29) is 0 Å². The van der Waals surface area contributed by atoms with Crippen LogP contribution < -0.4 is 5.32 Å². The van der Waals surface area contributed by atoms with Crippen LogP contribution in [0.3, 0.4) is 0 Å². The third kappa shape index (κ3) is 4.28. The molecule has 2 aromatic rings. The minimum Gasteiger partial charge on any atom is -0.312 e. The maximum atomic E-state index is 4.56. The zero-order valence-electron chi connectivity index (χ0n) is 13.3. The first-order chi connectivity index (χ1) is 9.97. The number of pyridine rings is 1. The van der Waals surface area contributed by atoms with E-state index in [2.05, 4.69) is 47.3 Å². The smallest absolute Gasteiger partial charge is 0.197 e. The summed E-state index contributed by atoms with van der Waals surface area (Å²) in [6.07, 6.45) is 1.94. The summed E-state index contributed by atoms with van der Waals surface area (Å²) >= 11 is 1.56. The fourth-order valence-corrected chi connectivity index (χ4v) is 2.74. The van der Waals surface area contributed by atoms with E-state index >= 15 is 0 Å². The molecule has 0 radical (unpaired) electrons. The zero-order valence-corrected chi connectivity index (χ0v) is 14.2. The van der Waals surface area contributed by atoms with Gasteiger partial charge in [-0.15, -0.1) is 10.2 Å². The summed E-state index contributed by atoms with van der Waals surface area (Å²) in [5, 5.41) is 13.5. The maximum absolute atomic E-state index is 4.56. The van der Waals surface area contributed by atoms with E-state index in [1.807, 2.05) is 24.7 Å². The van der Waals surface area contributed by atoms with Gasteiger partial charge in [0.15, 0.2) is 5.16 Å². The Hall–Kier alpha value is -1.40. The lowest BCUT2D eigenvalue weighted by molar-refractivity contribution is 0.551. The summed E-state index contributed by atoms with van der Waals surface area (Å²) in [5.74, 6) is 1.57. The second-order valence-corrected chi connectivity index (χ2v) is 6.64. The van der Waals surface area contributed by atoms with Gasteiger partial charge in [-0.1, -0.05) is 19.9 Å². The number of hydrogen-bond acceptors (Lipinski definition) is 5. The molecule has 0 aliphatic rings. The summed E-state index contributed by atoms with van der Waals surface area (Å²) < 4.78 is 1.98. The first kappa shape index (κ1) is 16.0. The Labute approximate surface area is 130 Å². The summed E-state index contributed by atoms with van der Waals surface area (Å²) in [6.45, 7) is 10.3. The molecular weight excluding hydrogens is 282 g/mol. The lowest BCUT2D eigenvalue weighted by Gasteiger charge is -2.09. The van der Waals surface area contributed by atoms with E-state index in [4.69, 9.17) is 0 Å². The van der Waals surface area contributed by atoms with Gasteiger partial charge in [-0.25, -0.2) is 4.98 Å². The number of aromatic nitrogens is 4. The number of rotatable bonds is 6. The van der Waals surface area contributed by atoms with Crippen molar-refractivity contribution in [3.05, 3.63) is 29.2 Å². The summed E-state index contributed by atoms with van der Waals surface area (Å²) in [5.41, 5.74) is 2.39. The van der Waals surface area contributed by atoms with Gasteiger partial charge in [-0.2, -0.15) is 0 Å². The predicted octanol–water partition coefficient (Wildman–Crippen LogP) is 2.72. The fraction of sp³-hybridized carbons (Fsp3) is 0.533. The number of aryl methyl sites for hydroxylation is 2. The van der Waals surface area contributed by atoms with Crippen molar-refractivity contribution in [1.29, 1.82) is 0 Å². The van der Waals surface area contributed by atoms with Crippen LogP contribution in [0.4, 0.5) is 0 Å². The normalized spacial score (nSPS) is 11.3. The highest BCUT2D eigenvalue weighted by molar-refractivity contribution is 7.99. The van der Waals surface area contributed by atoms with Crippen LogP contribution in [0.2, 0.25) is 0 Å². The van der Waals surface area contributed by atoms with Gasteiger partial charge in [-0.3, -0.25) is 0 Å². The molecule has 0 aliphatic carbocycles. The molecule has 5 nitrogen and oxygen atoms in total. The van der Waals surface area contributed by atoms with Crippen molar-refractivity contribution in [2.45, 2.75) is 44.4 Å². The molecular formula is C15H23N5S. The Bertz CT molecular complexity index is 606. The highest BCUT2D eigenvalue weighted by Gasteiger charge is 2.10. The second-order valence-electron chi connectivity index (χ2n) is 5.68. The highest BCUT2D eigenvalue weighted by Crippen LogP contribution is 2.27. The Kier molecular flexibility index (Phi) is 5.36. The number of hydrogen-bond donors (Lipinski definition) is 1. The number of nitrogens with zero attached hydrogens (tertiary/aromatic N) is 4. The lowest BCUT2D eigenvalue weighted by atomic mass is 10.2. The molecule has 0 amide bonds. The molecule has 0 atom stereocenters. The van der Waals surface area contributed by atoms with Crippen LogP contribution in [-0.2, 0) is 13.6 Å². The van der Waals surface area contributed by atoms with Crippen molar-refractivity contribution in [3.63, 3.8) is 0 Å². The van der Waals surface area contributed by atoms with Crippen LogP contribution in [0.5, 0.6) is 0 Å². The average molecular weight is 305 g/mol. The van der Waals surface area contributed by atoms with E-state index in [0.29, 0.717) is 5.92 Å². The minimum atomic E-state index is 0.660. The molecule has 0 saturated carbocycles. The topological polar surface area (TPSA) is 55.6 Å². The maximum Gasteiger partial charge on any atom is 0.197 e. The Morgan fingerprint density at radius 2 is 2.05 bits per heavy atom. The van der Waals surface area contributed by atoms with Gasteiger partial charge < -0.3 is 9.88 Å². The van der Waals surface area contributed by atoms with Gasteiger partial charge in [0.05, 0.1) is 0 Å². The first-order valence-corrected chi connectivity index (χ1v) is 7.99. The summed E-state index contributed by atoms with van der Waals surface area (Å²) in [7, 11) is 1.97. The van der Waals surface area contributed by atoms with Crippen molar-refractivity contribution < 1.29 is 0 Å². The van der Waals surface area contributed by atoms with E-state index in [0.717, 1.165) is 29.1 Å². The molecule has 0 unspecified atom stereocenters. The lowest BCUT2D eigenvalue weighted by Crippen LogP contribution is -2.19. The zero-order chi connectivity index (χ0) is 15.4. The van der Waals surface area contributed by atoms with Crippen LogP contribution in [0.15, 0.2) is 22.4 Å².